The lowest BCUT2D eigenvalue weighted by atomic mass is 10.1. The number of esters is 1. The molecular weight excluding hydrogens is 194 g/mol. The van der Waals surface area contributed by atoms with E-state index >= 15 is 0 Å². The third-order valence-electron chi connectivity index (χ3n) is 2.04. The molecule has 1 atom stereocenters. The maximum Gasteiger partial charge on any atom is 0.332 e. The fraction of sp³-hybridized carbons (Fsp3) is 0.727. The van der Waals surface area contributed by atoms with Crippen LogP contribution in [0, 0.1) is 5.92 Å². The van der Waals surface area contributed by atoms with Crippen molar-refractivity contribution in [2.24, 2.45) is 5.92 Å². The van der Waals surface area contributed by atoms with E-state index in [2.05, 4.69) is 5.32 Å². The molecule has 0 aromatic heterocycles. The predicted molar refractivity (Wildman–Crippen MR) is 59.2 cm³/mol. The minimum absolute atomic E-state index is 0.0318. The number of ether oxygens (including phenoxy) is 1. The van der Waals surface area contributed by atoms with Gasteiger partial charge in [0.2, 0.25) is 0 Å². The summed E-state index contributed by atoms with van der Waals surface area (Å²) in [6, 6.07) is -0.0318. The molecule has 0 amide bonds. The first-order chi connectivity index (χ1) is 7.01. The summed E-state index contributed by atoms with van der Waals surface area (Å²) in [5, 5.41) is 12.1. The minimum atomic E-state index is -0.358. The summed E-state index contributed by atoms with van der Waals surface area (Å²) in [6.07, 6.45) is 1.40. The Bertz CT molecular complexity index is 224. The first kappa shape index (κ1) is 14.0. The first-order valence-corrected chi connectivity index (χ1v) is 5.23. The third-order valence-corrected chi connectivity index (χ3v) is 2.04. The molecule has 88 valence electrons. The summed E-state index contributed by atoms with van der Waals surface area (Å²) in [7, 11) is 0. The monoisotopic (exact) mass is 215 g/mol. The summed E-state index contributed by atoms with van der Waals surface area (Å²) in [5.41, 5.74) is 0.709. The Hall–Kier alpha value is -1.03. The molecule has 15 heavy (non-hydrogen) atoms. The van der Waals surface area contributed by atoms with Crippen molar-refractivity contribution < 1.29 is 14.6 Å². The third kappa shape index (κ3) is 6.12. The van der Waals surface area contributed by atoms with Gasteiger partial charge in [0.25, 0.3) is 0 Å². The highest BCUT2D eigenvalue weighted by Gasteiger charge is 2.11. The van der Waals surface area contributed by atoms with Crippen LogP contribution in [0.2, 0.25) is 0 Å². The number of carbonyl (C=O) groups excluding carboxylic acids is 1. The molecule has 0 aromatic rings. The predicted octanol–water partition coefficient (Wildman–Crippen LogP) is 1.06. The lowest BCUT2D eigenvalue weighted by Gasteiger charge is -2.21. The van der Waals surface area contributed by atoms with Crippen LogP contribution in [0.15, 0.2) is 11.8 Å². The molecule has 0 heterocycles. The van der Waals surface area contributed by atoms with Gasteiger partial charge in [0.05, 0.1) is 19.3 Å². The Morgan fingerprint density at radius 1 is 1.53 bits per heavy atom. The average molecular weight is 215 g/mol. The van der Waals surface area contributed by atoms with E-state index < -0.39 is 0 Å². The maximum absolute atomic E-state index is 11.1. The molecule has 0 rings (SSSR count). The molecule has 0 saturated heterocycles. The quantitative estimate of drug-likeness (QED) is 0.514. The van der Waals surface area contributed by atoms with E-state index in [-0.39, 0.29) is 18.6 Å². The van der Waals surface area contributed by atoms with E-state index in [9.17, 15) is 4.79 Å². The number of hydrogen-bond donors (Lipinski definition) is 2. The summed E-state index contributed by atoms with van der Waals surface area (Å²) < 4.78 is 4.77. The molecule has 0 aliphatic heterocycles. The van der Waals surface area contributed by atoms with Crippen molar-refractivity contribution in [3.8, 4) is 0 Å². The van der Waals surface area contributed by atoms with Crippen LogP contribution in [0.25, 0.3) is 0 Å². The molecule has 0 bridgehead atoms. The molecule has 0 aromatic carbocycles. The van der Waals surface area contributed by atoms with Crippen LogP contribution >= 0.6 is 0 Å². The largest absolute Gasteiger partial charge is 0.463 e. The standard InChI is InChI=1S/C11H21NO3/c1-5-15-11(14)6-9(4)12-10(7-13)8(2)3/h6,8,10,12-13H,5,7H2,1-4H3/b9-6+. The van der Waals surface area contributed by atoms with Crippen molar-refractivity contribution >= 4 is 5.97 Å². The molecule has 0 radical (unpaired) electrons. The molecule has 0 saturated carbocycles. The molecule has 1 unspecified atom stereocenters. The highest BCUT2D eigenvalue weighted by atomic mass is 16.5. The Kier molecular flexibility index (Phi) is 6.79. The van der Waals surface area contributed by atoms with E-state index in [1.54, 1.807) is 13.8 Å². The number of nitrogens with one attached hydrogen (secondary N) is 1. The zero-order chi connectivity index (χ0) is 11.8. The molecule has 4 nitrogen and oxygen atoms in total. The summed E-state index contributed by atoms with van der Waals surface area (Å²) >= 11 is 0. The van der Waals surface area contributed by atoms with Gasteiger partial charge < -0.3 is 15.2 Å². The number of rotatable bonds is 6. The van der Waals surface area contributed by atoms with Crippen LogP contribution in [0.5, 0.6) is 0 Å². The van der Waals surface area contributed by atoms with E-state index in [1.807, 2.05) is 13.8 Å². The van der Waals surface area contributed by atoms with Crippen LogP contribution < -0.4 is 5.32 Å². The van der Waals surface area contributed by atoms with Crippen molar-refractivity contribution in [1.29, 1.82) is 0 Å². The normalized spacial score (nSPS) is 13.9. The zero-order valence-corrected chi connectivity index (χ0v) is 9.91. The van der Waals surface area contributed by atoms with Gasteiger partial charge in [-0.1, -0.05) is 13.8 Å². The number of carbonyl (C=O) groups is 1. The van der Waals surface area contributed by atoms with Crippen molar-refractivity contribution in [1.82, 2.24) is 5.32 Å². The summed E-state index contributed by atoms with van der Waals surface area (Å²) in [5.74, 6) is -0.0523. The highest BCUT2D eigenvalue weighted by Crippen LogP contribution is 2.03. The smallest absolute Gasteiger partial charge is 0.332 e. The topological polar surface area (TPSA) is 58.6 Å². The fourth-order valence-electron chi connectivity index (χ4n) is 1.12. The lowest BCUT2D eigenvalue weighted by molar-refractivity contribution is -0.137. The Balaban J connectivity index is 4.20. The molecule has 0 fully saturated rings. The average Bonchev–Trinajstić information content (AvgIpc) is 2.13. The van der Waals surface area contributed by atoms with Gasteiger partial charge in [0.1, 0.15) is 0 Å². The Morgan fingerprint density at radius 3 is 2.53 bits per heavy atom. The van der Waals surface area contributed by atoms with Gasteiger partial charge in [-0.3, -0.25) is 0 Å². The molecule has 0 spiro atoms. The van der Waals surface area contributed by atoms with E-state index in [4.69, 9.17) is 9.84 Å². The lowest BCUT2D eigenvalue weighted by Crippen LogP contribution is -2.36. The van der Waals surface area contributed by atoms with Gasteiger partial charge in [0.15, 0.2) is 0 Å². The molecule has 2 N–H and O–H groups in total. The van der Waals surface area contributed by atoms with E-state index in [0.717, 1.165) is 0 Å². The second-order valence-corrected chi connectivity index (χ2v) is 3.76. The van der Waals surface area contributed by atoms with Crippen LogP contribution in [0.4, 0.5) is 0 Å². The number of hydrogen-bond acceptors (Lipinski definition) is 4. The van der Waals surface area contributed by atoms with Gasteiger partial charge in [0, 0.05) is 11.8 Å². The van der Waals surface area contributed by atoms with Crippen molar-refractivity contribution in [3.63, 3.8) is 0 Å². The first-order valence-electron chi connectivity index (χ1n) is 5.23. The molecule has 0 aliphatic rings. The number of aliphatic hydroxyl groups excluding tert-OH is 1. The highest BCUT2D eigenvalue weighted by molar-refractivity contribution is 5.82. The van der Waals surface area contributed by atoms with E-state index in [0.29, 0.717) is 18.2 Å². The van der Waals surface area contributed by atoms with Gasteiger partial charge in [-0.25, -0.2) is 4.79 Å². The van der Waals surface area contributed by atoms with Gasteiger partial charge in [-0.05, 0) is 19.8 Å². The zero-order valence-electron chi connectivity index (χ0n) is 9.91. The van der Waals surface area contributed by atoms with Crippen molar-refractivity contribution in [3.05, 3.63) is 11.8 Å². The van der Waals surface area contributed by atoms with Crippen LogP contribution in [-0.4, -0.2) is 30.3 Å². The van der Waals surface area contributed by atoms with E-state index in [1.165, 1.54) is 6.08 Å². The Morgan fingerprint density at radius 2 is 2.13 bits per heavy atom. The van der Waals surface area contributed by atoms with Crippen LogP contribution in [0.3, 0.4) is 0 Å². The van der Waals surface area contributed by atoms with Gasteiger partial charge in [-0.2, -0.15) is 0 Å². The number of aliphatic hydroxyl groups is 1. The minimum Gasteiger partial charge on any atom is -0.463 e. The van der Waals surface area contributed by atoms with Gasteiger partial charge in [-0.15, -0.1) is 0 Å². The second kappa shape index (κ2) is 7.29. The summed E-state index contributed by atoms with van der Waals surface area (Å²) in [4.78, 5) is 11.1. The van der Waals surface area contributed by atoms with Crippen LogP contribution in [0.1, 0.15) is 27.7 Å². The van der Waals surface area contributed by atoms with Gasteiger partial charge >= 0.3 is 5.97 Å². The fourth-order valence-corrected chi connectivity index (χ4v) is 1.12. The molecule has 4 heteroatoms. The number of allylic oxidation sites excluding steroid dienone is 1. The molecule has 0 aliphatic carbocycles. The van der Waals surface area contributed by atoms with Crippen LogP contribution in [-0.2, 0) is 9.53 Å². The van der Waals surface area contributed by atoms with Crippen molar-refractivity contribution in [2.45, 2.75) is 33.7 Å². The SMILES string of the molecule is CCOC(=O)/C=C(\C)NC(CO)C(C)C. The second-order valence-electron chi connectivity index (χ2n) is 3.76. The Labute approximate surface area is 91.3 Å². The molecular formula is C11H21NO3. The van der Waals surface area contributed by atoms with Crippen molar-refractivity contribution in [2.75, 3.05) is 13.2 Å². The maximum atomic E-state index is 11.1. The summed E-state index contributed by atoms with van der Waals surface area (Å²) in [6.45, 7) is 7.97.